The summed E-state index contributed by atoms with van der Waals surface area (Å²) in [6.45, 7) is 0. The normalized spacial score (nSPS) is 20.3. The van der Waals surface area contributed by atoms with Crippen molar-refractivity contribution in [3.63, 3.8) is 0 Å². The number of hydrogen-bond donors (Lipinski definition) is 2. The second kappa shape index (κ2) is 5.98. The Morgan fingerprint density at radius 3 is 2.88 bits per heavy atom. The Kier molecular flexibility index (Phi) is 3.78. The lowest BCUT2D eigenvalue weighted by Gasteiger charge is -2.42. The maximum absolute atomic E-state index is 11.2. The SMILES string of the molecule is COc1c2c(cc3occc13)OC1(CCCCC1)C/C2=N\NC(N)=O. The highest BCUT2D eigenvalue weighted by Gasteiger charge is 2.42. The Morgan fingerprint density at radius 2 is 2.16 bits per heavy atom. The largest absolute Gasteiger partial charge is 0.495 e. The van der Waals surface area contributed by atoms with Crippen LogP contribution in [0.1, 0.15) is 44.1 Å². The summed E-state index contributed by atoms with van der Waals surface area (Å²) in [5.41, 5.74) is 9.45. The van der Waals surface area contributed by atoms with Gasteiger partial charge in [-0.1, -0.05) is 6.42 Å². The third-order valence-electron chi connectivity index (χ3n) is 5.05. The second-order valence-electron chi connectivity index (χ2n) is 6.67. The highest BCUT2D eigenvalue weighted by Crippen LogP contribution is 2.47. The van der Waals surface area contributed by atoms with Crippen LogP contribution in [0.2, 0.25) is 0 Å². The van der Waals surface area contributed by atoms with Crippen LogP contribution in [0.15, 0.2) is 27.9 Å². The van der Waals surface area contributed by atoms with Gasteiger partial charge >= 0.3 is 6.03 Å². The predicted molar refractivity (Wildman–Crippen MR) is 93.1 cm³/mol. The van der Waals surface area contributed by atoms with Crippen molar-refractivity contribution in [2.75, 3.05) is 7.11 Å². The van der Waals surface area contributed by atoms with Crippen LogP contribution in [0.25, 0.3) is 11.0 Å². The molecule has 0 atom stereocenters. The lowest BCUT2D eigenvalue weighted by atomic mass is 9.78. The van der Waals surface area contributed by atoms with Crippen LogP contribution < -0.4 is 20.6 Å². The van der Waals surface area contributed by atoms with Gasteiger partial charge in [0.05, 0.1) is 30.0 Å². The molecule has 7 nitrogen and oxygen atoms in total. The first-order chi connectivity index (χ1) is 12.1. The average molecular weight is 343 g/mol. The topological polar surface area (TPSA) is 99.1 Å². The molecule has 2 aromatic rings. The number of hydrogen-bond acceptors (Lipinski definition) is 5. The lowest BCUT2D eigenvalue weighted by Crippen LogP contribution is -2.44. The van der Waals surface area contributed by atoms with Crippen molar-refractivity contribution in [2.24, 2.45) is 10.8 Å². The van der Waals surface area contributed by atoms with Crippen LogP contribution in [-0.2, 0) is 0 Å². The number of fused-ring (bicyclic) bond motifs is 2. The van der Waals surface area contributed by atoms with E-state index in [1.807, 2.05) is 12.1 Å². The number of nitrogens with zero attached hydrogens (tertiary/aromatic N) is 1. The monoisotopic (exact) mass is 343 g/mol. The fraction of sp³-hybridized carbons (Fsp3) is 0.444. The van der Waals surface area contributed by atoms with Crippen molar-refractivity contribution in [1.29, 1.82) is 0 Å². The Labute approximate surface area is 145 Å². The van der Waals surface area contributed by atoms with E-state index in [0.717, 1.165) is 42.3 Å². The molecule has 132 valence electrons. The Hall–Kier alpha value is -2.70. The first-order valence-corrected chi connectivity index (χ1v) is 8.51. The highest BCUT2D eigenvalue weighted by atomic mass is 16.5. The van der Waals surface area contributed by atoms with Crippen molar-refractivity contribution in [3.05, 3.63) is 24.0 Å². The number of rotatable bonds is 2. The van der Waals surface area contributed by atoms with Gasteiger partial charge < -0.3 is 19.6 Å². The van der Waals surface area contributed by atoms with E-state index in [0.29, 0.717) is 23.5 Å². The summed E-state index contributed by atoms with van der Waals surface area (Å²) in [6, 6.07) is 3.03. The van der Waals surface area contributed by atoms with Crippen LogP contribution in [0.5, 0.6) is 11.5 Å². The molecule has 1 spiro atoms. The van der Waals surface area contributed by atoms with Crippen LogP contribution in [-0.4, -0.2) is 24.5 Å². The first-order valence-electron chi connectivity index (χ1n) is 8.51. The van der Waals surface area contributed by atoms with Crippen LogP contribution in [0, 0.1) is 0 Å². The number of benzene rings is 1. The zero-order valence-electron chi connectivity index (χ0n) is 14.1. The van der Waals surface area contributed by atoms with E-state index >= 15 is 0 Å². The fourth-order valence-corrected chi connectivity index (χ4v) is 3.98. The molecule has 0 unspecified atom stereocenters. The van der Waals surface area contributed by atoms with Crippen molar-refractivity contribution in [3.8, 4) is 11.5 Å². The number of methoxy groups -OCH3 is 1. The molecule has 0 saturated heterocycles. The van der Waals surface area contributed by atoms with E-state index in [9.17, 15) is 4.79 Å². The summed E-state index contributed by atoms with van der Waals surface area (Å²) < 4.78 is 17.6. The minimum Gasteiger partial charge on any atom is -0.495 e. The molecule has 0 radical (unpaired) electrons. The average Bonchev–Trinajstić information content (AvgIpc) is 3.06. The molecule has 3 N–H and O–H groups in total. The minimum atomic E-state index is -0.693. The summed E-state index contributed by atoms with van der Waals surface area (Å²) in [6.07, 6.45) is 7.59. The molecule has 1 aromatic carbocycles. The predicted octanol–water partition coefficient (Wildman–Crippen LogP) is 3.30. The van der Waals surface area contributed by atoms with Gasteiger partial charge in [-0.3, -0.25) is 0 Å². The summed E-state index contributed by atoms with van der Waals surface area (Å²) in [4.78, 5) is 11.2. The third-order valence-corrected chi connectivity index (χ3v) is 5.05. The molecular weight excluding hydrogens is 322 g/mol. The van der Waals surface area contributed by atoms with Gasteiger partial charge in [-0.2, -0.15) is 5.10 Å². The van der Waals surface area contributed by atoms with Gasteiger partial charge in [-0.05, 0) is 31.7 Å². The molecule has 4 rings (SSSR count). The number of urea groups is 1. The Balaban J connectivity index is 1.89. The van der Waals surface area contributed by atoms with Crippen LogP contribution >= 0.6 is 0 Å². The standard InChI is InChI=1S/C18H21N3O4/c1-23-16-11-5-8-24-13(11)9-14-15(16)12(20-21-17(19)22)10-18(25-14)6-3-2-4-7-18/h5,8-9H,2-4,6-7,10H2,1H3,(H3,19,21,22)/b20-12+. The van der Waals surface area contributed by atoms with Gasteiger partial charge in [-0.25, -0.2) is 10.2 Å². The first kappa shape index (κ1) is 15.8. The molecule has 1 fully saturated rings. The van der Waals surface area contributed by atoms with Crippen molar-refractivity contribution >= 4 is 22.7 Å². The fourth-order valence-electron chi connectivity index (χ4n) is 3.98. The van der Waals surface area contributed by atoms with E-state index in [1.165, 1.54) is 6.42 Å². The maximum Gasteiger partial charge on any atom is 0.332 e. The summed E-state index contributed by atoms with van der Waals surface area (Å²) >= 11 is 0. The Morgan fingerprint density at radius 1 is 1.36 bits per heavy atom. The highest BCUT2D eigenvalue weighted by molar-refractivity contribution is 6.11. The summed E-state index contributed by atoms with van der Waals surface area (Å²) in [5, 5.41) is 5.12. The van der Waals surface area contributed by atoms with Crippen LogP contribution in [0.4, 0.5) is 4.79 Å². The number of furan rings is 1. The van der Waals surface area contributed by atoms with Gasteiger partial charge in [0.25, 0.3) is 0 Å². The molecule has 1 saturated carbocycles. The van der Waals surface area contributed by atoms with Crippen molar-refractivity contribution < 1.29 is 18.7 Å². The molecule has 25 heavy (non-hydrogen) atoms. The minimum absolute atomic E-state index is 0.297. The summed E-state index contributed by atoms with van der Waals surface area (Å²) in [5.74, 6) is 1.31. The molecule has 7 heteroatoms. The lowest BCUT2D eigenvalue weighted by molar-refractivity contribution is 0.0318. The molecule has 2 amide bonds. The molecular formula is C18H21N3O4. The second-order valence-corrected chi connectivity index (χ2v) is 6.67. The maximum atomic E-state index is 11.2. The molecule has 1 aliphatic heterocycles. The van der Waals surface area contributed by atoms with Gasteiger partial charge in [0.15, 0.2) is 0 Å². The third kappa shape index (κ3) is 2.69. The molecule has 2 aliphatic rings. The van der Waals surface area contributed by atoms with E-state index < -0.39 is 6.03 Å². The Bertz CT molecular complexity index is 849. The van der Waals surface area contributed by atoms with E-state index in [4.69, 9.17) is 19.6 Å². The zero-order chi connectivity index (χ0) is 17.4. The van der Waals surface area contributed by atoms with Crippen molar-refractivity contribution in [1.82, 2.24) is 5.43 Å². The number of nitrogens with two attached hydrogens (primary N) is 1. The van der Waals surface area contributed by atoms with Gasteiger partial charge in [-0.15, -0.1) is 0 Å². The number of nitrogens with one attached hydrogen (secondary N) is 1. The van der Waals surface area contributed by atoms with E-state index in [-0.39, 0.29) is 5.60 Å². The number of carbonyl (C=O) groups is 1. The molecule has 0 bridgehead atoms. The smallest absolute Gasteiger partial charge is 0.332 e. The number of hydrazone groups is 1. The van der Waals surface area contributed by atoms with Gasteiger partial charge in [0, 0.05) is 12.5 Å². The zero-order valence-corrected chi connectivity index (χ0v) is 14.1. The van der Waals surface area contributed by atoms with E-state index in [1.54, 1.807) is 13.4 Å². The van der Waals surface area contributed by atoms with E-state index in [2.05, 4.69) is 10.5 Å². The van der Waals surface area contributed by atoms with Crippen molar-refractivity contribution in [2.45, 2.75) is 44.1 Å². The van der Waals surface area contributed by atoms with Crippen LogP contribution in [0.3, 0.4) is 0 Å². The van der Waals surface area contributed by atoms with Gasteiger partial charge in [0.1, 0.15) is 22.7 Å². The number of ether oxygens (including phenoxy) is 2. The quantitative estimate of drug-likeness (QED) is 0.817. The molecule has 1 aromatic heterocycles. The summed E-state index contributed by atoms with van der Waals surface area (Å²) in [7, 11) is 1.60. The number of carbonyl (C=O) groups excluding carboxylic acids is 1. The molecule has 1 aliphatic carbocycles. The molecule has 2 heterocycles. The number of primary amides is 1. The number of amides is 2. The van der Waals surface area contributed by atoms with Gasteiger partial charge in [0.2, 0.25) is 0 Å².